The maximum absolute atomic E-state index is 11.5. The summed E-state index contributed by atoms with van der Waals surface area (Å²) in [7, 11) is 0. The molecule has 0 fully saturated rings. The third-order valence-electron chi connectivity index (χ3n) is 6.55. The number of benzene rings is 1. The first-order valence-electron chi connectivity index (χ1n) is 13.6. The highest BCUT2D eigenvalue weighted by atomic mass is 32.2. The second-order valence-corrected chi connectivity index (χ2v) is 13.3. The van der Waals surface area contributed by atoms with Crippen LogP contribution in [0.1, 0.15) is 142 Å². The Bertz CT molecular complexity index is 693. The number of aromatic hydroxyl groups is 1. The number of rotatable bonds is 16. The Labute approximate surface area is 214 Å². The summed E-state index contributed by atoms with van der Waals surface area (Å²) >= 11 is 1.76. The summed E-state index contributed by atoms with van der Waals surface area (Å²) in [4.78, 5) is 11.5. The number of aliphatic carboxylic acids is 1. The van der Waals surface area contributed by atoms with Crippen molar-refractivity contribution in [2.45, 2.75) is 147 Å². The Balaban J connectivity index is 2.65. The van der Waals surface area contributed by atoms with Crippen LogP contribution in [-0.2, 0) is 21.4 Å². The van der Waals surface area contributed by atoms with Gasteiger partial charge in [-0.15, -0.1) is 0 Å². The first-order valence-corrected chi connectivity index (χ1v) is 14.6. The Morgan fingerprint density at radius 1 is 0.824 bits per heavy atom. The van der Waals surface area contributed by atoms with Crippen molar-refractivity contribution in [1.82, 2.24) is 0 Å². The van der Waals surface area contributed by atoms with Crippen molar-refractivity contribution < 1.29 is 15.0 Å². The van der Waals surface area contributed by atoms with Crippen LogP contribution in [0.2, 0.25) is 0 Å². The van der Waals surface area contributed by atoms with Crippen molar-refractivity contribution in [1.29, 1.82) is 0 Å². The van der Waals surface area contributed by atoms with Gasteiger partial charge in [-0.3, -0.25) is 4.79 Å². The number of hydrogen-bond acceptors (Lipinski definition) is 3. The van der Waals surface area contributed by atoms with E-state index in [-0.39, 0.29) is 22.5 Å². The molecule has 0 spiro atoms. The van der Waals surface area contributed by atoms with E-state index in [0.29, 0.717) is 5.75 Å². The van der Waals surface area contributed by atoms with E-state index in [0.717, 1.165) is 29.7 Å². The molecule has 1 aromatic carbocycles. The SMILES string of the molecule is CCCCCCCCCCCCC(CC(=O)O)SCc1cc(C(C)(C)C)c(O)c(C(C)(C)C)c1. The highest BCUT2D eigenvalue weighted by molar-refractivity contribution is 7.99. The quantitative estimate of drug-likeness (QED) is 0.226. The van der Waals surface area contributed by atoms with Gasteiger partial charge in [0.15, 0.2) is 0 Å². The summed E-state index contributed by atoms with van der Waals surface area (Å²) in [5.41, 5.74) is 2.82. The molecule has 0 aliphatic carbocycles. The smallest absolute Gasteiger partial charge is 0.304 e. The van der Waals surface area contributed by atoms with Crippen LogP contribution in [0.15, 0.2) is 12.1 Å². The van der Waals surface area contributed by atoms with Crippen molar-refractivity contribution in [3.8, 4) is 5.75 Å². The number of thioether (sulfide) groups is 1. The number of carboxylic acids is 1. The molecule has 1 aromatic rings. The minimum Gasteiger partial charge on any atom is -0.507 e. The molecule has 0 aliphatic rings. The van der Waals surface area contributed by atoms with E-state index in [1.165, 1.54) is 63.4 Å². The van der Waals surface area contributed by atoms with Crippen molar-refractivity contribution in [2.24, 2.45) is 0 Å². The van der Waals surface area contributed by atoms with Gasteiger partial charge in [0, 0.05) is 11.0 Å². The van der Waals surface area contributed by atoms with Gasteiger partial charge in [0.05, 0.1) is 6.42 Å². The fourth-order valence-corrected chi connectivity index (χ4v) is 5.62. The van der Waals surface area contributed by atoms with E-state index in [4.69, 9.17) is 0 Å². The summed E-state index contributed by atoms with van der Waals surface area (Å²) < 4.78 is 0. The first-order chi connectivity index (χ1) is 15.9. The standard InChI is InChI=1S/C30H52O3S/c1-8-9-10-11-12-13-14-15-16-17-18-24(21-27(31)32)34-22-23-19-25(29(2,3)4)28(33)26(20-23)30(5,6)7/h19-20,24,33H,8-18,21-22H2,1-7H3,(H,31,32). The summed E-state index contributed by atoms with van der Waals surface area (Å²) in [5.74, 6) is 0.476. The molecular formula is C30H52O3S. The fourth-order valence-electron chi connectivity index (χ4n) is 4.43. The zero-order valence-corrected chi connectivity index (χ0v) is 24.0. The van der Waals surface area contributed by atoms with E-state index in [1.807, 2.05) is 0 Å². The van der Waals surface area contributed by atoms with Gasteiger partial charge >= 0.3 is 5.97 Å². The normalized spacial score (nSPS) is 13.3. The van der Waals surface area contributed by atoms with Gasteiger partial charge in [-0.1, -0.05) is 125 Å². The van der Waals surface area contributed by atoms with Gasteiger partial charge in [-0.25, -0.2) is 0 Å². The summed E-state index contributed by atoms with van der Waals surface area (Å²) in [6.07, 6.45) is 14.2. The zero-order valence-electron chi connectivity index (χ0n) is 23.1. The molecular weight excluding hydrogens is 440 g/mol. The van der Waals surface area contributed by atoms with Crippen LogP contribution in [0.5, 0.6) is 5.75 Å². The molecule has 0 aromatic heterocycles. The lowest BCUT2D eigenvalue weighted by atomic mass is 9.78. The van der Waals surface area contributed by atoms with E-state index >= 15 is 0 Å². The van der Waals surface area contributed by atoms with Crippen molar-refractivity contribution in [2.75, 3.05) is 0 Å². The molecule has 1 rings (SSSR count). The number of carbonyl (C=O) groups is 1. The van der Waals surface area contributed by atoms with Crippen molar-refractivity contribution in [3.05, 3.63) is 28.8 Å². The molecule has 196 valence electrons. The fraction of sp³-hybridized carbons (Fsp3) is 0.767. The lowest BCUT2D eigenvalue weighted by Gasteiger charge is -2.28. The van der Waals surface area contributed by atoms with Crippen LogP contribution >= 0.6 is 11.8 Å². The molecule has 0 aliphatic heterocycles. The zero-order chi connectivity index (χ0) is 25.8. The minimum absolute atomic E-state index is 0.136. The molecule has 0 heterocycles. The Morgan fingerprint density at radius 3 is 1.68 bits per heavy atom. The predicted octanol–water partition coefficient (Wildman–Crippen LogP) is 9.37. The predicted molar refractivity (Wildman–Crippen MR) is 149 cm³/mol. The monoisotopic (exact) mass is 492 g/mol. The molecule has 0 saturated heterocycles. The average Bonchev–Trinajstić information content (AvgIpc) is 2.71. The van der Waals surface area contributed by atoms with Crippen LogP contribution in [0.25, 0.3) is 0 Å². The first kappa shape index (κ1) is 30.9. The Hall–Kier alpha value is -1.16. The summed E-state index contributed by atoms with van der Waals surface area (Å²) in [6.45, 7) is 15.0. The molecule has 0 saturated carbocycles. The van der Waals surface area contributed by atoms with Crippen LogP contribution in [-0.4, -0.2) is 21.4 Å². The van der Waals surface area contributed by atoms with Gasteiger partial charge in [0.1, 0.15) is 5.75 Å². The highest BCUT2D eigenvalue weighted by Crippen LogP contribution is 2.40. The van der Waals surface area contributed by atoms with E-state index in [2.05, 4.69) is 60.6 Å². The van der Waals surface area contributed by atoms with E-state index < -0.39 is 5.97 Å². The van der Waals surface area contributed by atoms with Gasteiger partial charge in [0.25, 0.3) is 0 Å². The molecule has 3 nitrogen and oxygen atoms in total. The van der Waals surface area contributed by atoms with Crippen LogP contribution < -0.4 is 0 Å². The third-order valence-corrected chi connectivity index (χ3v) is 7.93. The van der Waals surface area contributed by atoms with Gasteiger partial charge in [-0.2, -0.15) is 11.8 Å². The molecule has 0 radical (unpaired) electrons. The topological polar surface area (TPSA) is 57.5 Å². The molecule has 4 heteroatoms. The molecule has 0 amide bonds. The lowest BCUT2D eigenvalue weighted by molar-refractivity contribution is -0.137. The number of phenolic OH excluding ortho intramolecular Hbond substituents is 1. The number of phenols is 1. The average molecular weight is 493 g/mol. The van der Waals surface area contributed by atoms with Gasteiger partial charge < -0.3 is 10.2 Å². The van der Waals surface area contributed by atoms with Crippen LogP contribution in [0.4, 0.5) is 0 Å². The Kier molecular flexibility index (Phi) is 13.7. The Morgan fingerprint density at radius 2 is 1.26 bits per heavy atom. The summed E-state index contributed by atoms with van der Waals surface area (Å²) in [6, 6.07) is 4.24. The van der Waals surface area contributed by atoms with Crippen molar-refractivity contribution in [3.63, 3.8) is 0 Å². The second kappa shape index (κ2) is 15.1. The number of carboxylic acid groups (broad SMARTS) is 1. The summed E-state index contributed by atoms with van der Waals surface area (Å²) in [5, 5.41) is 20.5. The van der Waals surface area contributed by atoms with Gasteiger partial charge in [-0.05, 0) is 33.9 Å². The molecule has 34 heavy (non-hydrogen) atoms. The van der Waals surface area contributed by atoms with Crippen LogP contribution in [0.3, 0.4) is 0 Å². The van der Waals surface area contributed by atoms with Gasteiger partial charge in [0.2, 0.25) is 0 Å². The highest BCUT2D eigenvalue weighted by Gasteiger charge is 2.26. The van der Waals surface area contributed by atoms with Crippen molar-refractivity contribution >= 4 is 17.7 Å². The van der Waals surface area contributed by atoms with E-state index in [9.17, 15) is 15.0 Å². The van der Waals surface area contributed by atoms with Crippen LogP contribution in [0, 0.1) is 0 Å². The largest absolute Gasteiger partial charge is 0.507 e. The molecule has 1 atom stereocenters. The molecule has 1 unspecified atom stereocenters. The number of hydrogen-bond donors (Lipinski definition) is 2. The molecule has 2 N–H and O–H groups in total. The molecule has 0 bridgehead atoms. The number of unbranched alkanes of at least 4 members (excludes halogenated alkanes) is 9. The maximum atomic E-state index is 11.5. The third kappa shape index (κ3) is 12.0. The lowest BCUT2D eigenvalue weighted by Crippen LogP contribution is -2.18. The van der Waals surface area contributed by atoms with E-state index in [1.54, 1.807) is 11.8 Å². The minimum atomic E-state index is -0.707. The second-order valence-electron chi connectivity index (χ2n) is 12.0. The maximum Gasteiger partial charge on any atom is 0.304 e.